The number of Topliss-reactive ketones (excluding diaryl/α,β-unsaturated/α-hetero) is 1. The van der Waals surface area contributed by atoms with Crippen molar-refractivity contribution in [3.05, 3.63) is 35.6 Å². The van der Waals surface area contributed by atoms with Gasteiger partial charge in [-0.3, -0.25) is 4.79 Å². The topological polar surface area (TPSA) is 35.5 Å². The first-order valence-electron chi connectivity index (χ1n) is 5.60. The van der Waals surface area contributed by atoms with Gasteiger partial charge in [-0.2, -0.15) is 0 Å². The molecular weight excluding hydrogens is 223 g/mol. The molecule has 0 radical (unpaired) electrons. The van der Waals surface area contributed by atoms with E-state index in [9.17, 15) is 9.18 Å². The summed E-state index contributed by atoms with van der Waals surface area (Å²) in [6, 6.07) is 5.56. The van der Waals surface area contributed by atoms with E-state index in [-0.39, 0.29) is 17.7 Å². The molecular formula is C13H15FO3. The predicted molar refractivity (Wildman–Crippen MR) is 60.0 cm³/mol. The summed E-state index contributed by atoms with van der Waals surface area (Å²) in [6.07, 6.45) is 0.444. The van der Waals surface area contributed by atoms with Gasteiger partial charge >= 0.3 is 0 Å². The average molecular weight is 238 g/mol. The van der Waals surface area contributed by atoms with E-state index in [1.54, 1.807) is 0 Å². The zero-order valence-electron chi connectivity index (χ0n) is 9.90. The minimum Gasteiger partial charge on any atom is -0.293 e. The van der Waals surface area contributed by atoms with Crippen molar-refractivity contribution in [1.82, 2.24) is 0 Å². The molecule has 17 heavy (non-hydrogen) atoms. The van der Waals surface area contributed by atoms with Crippen molar-refractivity contribution < 1.29 is 19.0 Å². The number of ketones is 1. The first-order chi connectivity index (χ1) is 8.01. The quantitative estimate of drug-likeness (QED) is 0.600. The van der Waals surface area contributed by atoms with E-state index in [1.807, 2.05) is 13.8 Å². The Bertz CT molecular complexity index is 405. The maximum Gasteiger partial charge on any atom is 0.171 e. The maximum atomic E-state index is 12.8. The Balaban J connectivity index is 2.20. The van der Waals surface area contributed by atoms with Crippen LogP contribution in [0, 0.1) is 11.2 Å². The summed E-state index contributed by atoms with van der Waals surface area (Å²) in [6.45, 7) is 4.14. The van der Waals surface area contributed by atoms with Crippen molar-refractivity contribution in [2.45, 2.75) is 26.4 Å². The van der Waals surface area contributed by atoms with Gasteiger partial charge in [0.2, 0.25) is 0 Å². The standard InChI is InChI=1S/C13H15FO3/c1-13(2,11-7-8-16-17-11)12(15)9-3-5-10(14)6-4-9/h3-6,11H,7-8H2,1-2H3. The van der Waals surface area contributed by atoms with Crippen molar-refractivity contribution in [3.63, 3.8) is 0 Å². The predicted octanol–water partition coefficient (Wildman–Crippen LogP) is 2.76. The third kappa shape index (κ3) is 2.37. The summed E-state index contributed by atoms with van der Waals surface area (Å²) in [4.78, 5) is 22.2. The monoisotopic (exact) mass is 238 g/mol. The zero-order valence-corrected chi connectivity index (χ0v) is 9.90. The molecule has 1 heterocycles. The molecule has 1 aromatic carbocycles. The molecule has 1 aromatic rings. The van der Waals surface area contributed by atoms with Crippen LogP contribution >= 0.6 is 0 Å². The molecule has 3 nitrogen and oxygen atoms in total. The lowest BCUT2D eigenvalue weighted by atomic mass is 9.78. The molecule has 0 aromatic heterocycles. The molecule has 1 fully saturated rings. The fourth-order valence-electron chi connectivity index (χ4n) is 1.93. The molecule has 0 saturated carbocycles. The average Bonchev–Trinajstić information content (AvgIpc) is 2.83. The van der Waals surface area contributed by atoms with Gasteiger partial charge in [-0.1, -0.05) is 0 Å². The summed E-state index contributed by atoms with van der Waals surface area (Å²) in [5, 5.41) is 0. The van der Waals surface area contributed by atoms with E-state index in [2.05, 4.69) is 0 Å². The summed E-state index contributed by atoms with van der Waals surface area (Å²) in [5.41, 5.74) is -0.180. The number of hydrogen-bond donors (Lipinski definition) is 0. The third-order valence-electron chi connectivity index (χ3n) is 3.14. The van der Waals surface area contributed by atoms with Crippen LogP contribution in [0.2, 0.25) is 0 Å². The van der Waals surface area contributed by atoms with Crippen molar-refractivity contribution in [2.75, 3.05) is 6.61 Å². The number of rotatable bonds is 3. The highest BCUT2D eigenvalue weighted by Crippen LogP contribution is 2.33. The molecule has 2 rings (SSSR count). The van der Waals surface area contributed by atoms with E-state index in [4.69, 9.17) is 9.78 Å². The van der Waals surface area contributed by atoms with E-state index in [0.717, 1.165) is 0 Å². The van der Waals surface area contributed by atoms with E-state index < -0.39 is 5.41 Å². The molecule has 0 bridgehead atoms. The minimum atomic E-state index is -0.672. The molecule has 1 aliphatic heterocycles. The van der Waals surface area contributed by atoms with Gasteiger partial charge in [-0.05, 0) is 38.1 Å². The molecule has 4 heteroatoms. The SMILES string of the molecule is CC(C)(C(=O)c1ccc(F)cc1)C1CCOO1. The van der Waals surface area contributed by atoms with E-state index in [0.29, 0.717) is 18.6 Å². The summed E-state index contributed by atoms with van der Waals surface area (Å²) < 4.78 is 12.8. The highest BCUT2D eigenvalue weighted by Gasteiger charge is 2.41. The largest absolute Gasteiger partial charge is 0.293 e. The van der Waals surface area contributed by atoms with E-state index >= 15 is 0 Å². The van der Waals surface area contributed by atoms with Gasteiger partial charge in [0.15, 0.2) is 5.78 Å². The second-order valence-corrected chi connectivity index (χ2v) is 4.75. The molecule has 0 aliphatic carbocycles. The van der Waals surface area contributed by atoms with Crippen LogP contribution in [-0.2, 0) is 9.78 Å². The number of carbonyl (C=O) groups excluding carboxylic acids is 1. The summed E-state index contributed by atoms with van der Waals surface area (Å²) in [5.74, 6) is -0.409. The number of halogens is 1. The van der Waals surface area contributed by atoms with Gasteiger partial charge in [0.1, 0.15) is 11.9 Å². The van der Waals surface area contributed by atoms with E-state index in [1.165, 1.54) is 24.3 Å². The van der Waals surface area contributed by atoms with Crippen LogP contribution in [0.15, 0.2) is 24.3 Å². The van der Waals surface area contributed by atoms with Crippen LogP contribution < -0.4 is 0 Å². The molecule has 1 aliphatic rings. The molecule has 1 saturated heterocycles. The van der Waals surface area contributed by atoms with Crippen molar-refractivity contribution in [2.24, 2.45) is 5.41 Å². The summed E-state index contributed by atoms with van der Waals surface area (Å²) in [7, 11) is 0. The third-order valence-corrected chi connectivity index (χ3v) is 3.14. The lowest BCUT2D eigenvalue weighted by Crippen LogP contribution is -2.36. The second kappa shape index (κ2) is 4.55. The molecule has 0 N–H and O–H groups in total. The minimum absolute atomic E-state index is 0.0620. The van der Waals surface area contributed by atoms with Gasteiger partial charge in [0.05, 0.1) is 12.0 Å². The van der Waals surface area contributed by atoms with Gasteiger partial charge in [0, 0.05) is 12.0 Å². The van der Waals surface area contributed by atoms with Crippen LogP contribution in [0.1, 0.15) is 30.6 Å². The fourth-order valence-corrected chi connectivity index (χ4v) is 1.93. The Morgan fingerprint density at radius 2 is 2.00 bits per heavy atom. The highest BCUT2D eigenvalue weighted by atomic mass is 19.1. The Hall–Kier alpha value is -1.26. The first kappa shape index (κ1) is 12.2. The molecule has 92 valence electrons. The van der Waals surface area contributed by atoms with Gasteiger partial charge in [-0.25, -0.2) is 14.2 Å². The lowest BCUT2D eigenvalue weighted by Gasteiger charge is -2.27. The van der Waals surface area contributed by atoms with Gasteiger partial charge in [-0.15, -0.1) is 0 Å². The molecule has 1 unspecified atom stereocenters. The Morgan fingerprint density at radius 3 is 2.53 bits per heavy atom. The van der Waals surface area contributed by atoms with Crippen LogP contribution in [0.5, 0.6) is 0 Å². The normalized spacial score (nSPS) is 20.5. The van der Waals surface area contributed by atoms with Crippen LogP contribution in [0.3, 0.4) is 0 Å². The van der Waals surface area contributed by atoms with Crippen molar-refractivity contribution in [3.8, 4) is 0 Å². The highest BCUT2D eigenvalue weighted by molar-refractivity contribution is 6.00. The van der Waals surface area contributed by atoms with Crippen LogP contribution in [0.25, 0.3) is 0 Å². The Morgan fingerprint density at radius 1 is 1.35 bits per heavy atom. The molecule has 0 spiro atoms. The molecule has 1 atom stereocenters. The second-order valence-electron chi connectivity index (χ2n) is 4.75. The number of carbonyl (C=O) groups is 1. The first-order valence-corrected chi connectivity index (χ1v) is 5.60. The van der Waals surface area contributed by atoms with Crippen LogP contribution in [-0.4, -0.2) is 18.5 Å². The maximum absolute atomic E-state index is 12.8. The number of benzene rings is 1. The van der Waals surface area contributed by atoms with Crippen molar-refractivity contribution >= 4 is 5.78 Å². The van der Waals surface area contributed by atoms with Gasteiger partial charge < -0.3 is 0 Å². The Kier molecular flexibility index (Phi) is 3.26. The smallest absolute Gasteiger partial charge is 0.171 e. The Labute approximate surface area is 99.5 Å². The number of hydrogen-bond acceptors (Lipinski definition) is 3. The lowest BCUT2D eigenvalue weighted by molar-refractivity contribution is -0.286. The van der Waals surface area contributed by atoms with Crippen LogP contribution in [0.4, 0.5) is 4.39 Å². The fraction of sp³-hybridized carbons (Fsp3) is 0.462. The zero-order chi connectivity index (χ0) is 12.5. The van der Waals surface area contributed by atoms with Crippen molar-refractivity contribution in [1.29, 1.82) is 0 Å². The summed E-state index contributed by atoms with van der Waals surface area (Å²) >= 11 is 0. The van der Waals surface area contributed by atoms with Gasteiger partial charge in [0.25, 0.3) is 0 Å². The molecule has 0 amide bonds.